The van der Waals surface area contributed by atoms with E-state index in [1.165, 1.54) is 6.20 Å². The first-order chi connectivity index (χ1) is 17.3. The summed E-state index contributed by atoms with van der Waals surface area (Å²) in [5.74, 6) is -1.30. The van der Waals surface area contributed by atoms with E-state index < -0.39 is 52.4 Å². The second-order valence-electron chi connectivity index (χ2n) is 8.23. The highest BCUT2D eigenvalue weighted by atomic mass is 19.4. The summed E-state index contributed by atoms with van der Waals surface area (Å²) in [5.41, 5.74) is 6.72. The third-order valence-corrected chi connectivity index (χ3v) is 5.65. The van der Waals surface area contributed by atoms with Gasteiger partial charge in [0.15, 0.2) is 17.3 Å². The second-order valence-corrected chi connectivity index (χ2v) is 8.23. The molecule has 0 saturated carbocycles. The number of nitrogens with zero attached hydrogens (tertiary/aromatic N) is 5. The topological polar surface area (TPSA) is 136 Å². The molecule has 1 amide bonds. The van der Waals surface area contributed by atoms with Crippen LogP contribution < -0.4 is 21.7 Å². The second kappa shape index (κ2) is 9.80. The lowest BCUT2D eigenvalue weighted by molar-refractivity contribution is -0.144. The van der Waals surface area contributed by atoms with Gasteiger partial charge in [0.25, 0.3) is 5.91 Å². The minimum atomic E-state index is -5.06. The predicted molar refractivity (Wildman–Crippen MR) is 121 cm³/mol. The van der Waals surface area contributed by atoms with E-state index in [0.717, 1.165) is 0 Å². The third kappa shape index (κ3) is 5.71. The van der Waals surface area contributed by atoms with E-state index in [0.29, 0.717) is 37.8 Å². The zero-order chi connectivity index (χ0) is 27.0. The molecule has 1 saturated heterocycles. The van der Waals surface area contributed by atoms with Crippen LogP contribution in [0.1, 0.15) is 34.6 Å². The Bertz CT molecular complexity index is 1310. The number of anilines is 3. The monoisotopic (exact) mass is 526 g/mol. The van der Waals surface area contributed by atoms with Gasteiger partial charge in [0.1, 0.15) is 17.1 Å². The van der Waals surface area contributed by atoms with Gasteiger partial charge in [0, 0.05) is 25.3 Å². The molecule has 4 rings (SSSR count). The number of aromatic nitrogens is 4. The predicted octanol–water partition coefficient (Wildman–Crippen LogP) is 3.73. The highest BCUT2D eigenvalue weighted by Crippen LogP contribution is 2.38. The largest absolute Gasteiger partial charge is 0.433 e. The highest BCUT2D eigenvalue weighted by Gasteiger charge is 2.39. The molecule has 1 aliphatic heterocycles. The summed E-state index contributed by atoms with van der Waals surface area (Å²) in [6.45, 7) is 1.21. The Labute approximate surface area is 205 Å². The summed E-state index contributed by atoms with van der Waals surface area (Å²) in [6.07, 6.45) is -6.51. The smallest absolute Gasteiger partial charge is 0.382 e. The van der Waals surface area contributed by atoms with Crippen molar-refractivity contribution in [1.82, 2.24) is 19.9 Å². The van der Waals surface area contributed by atoms with Gasteiger partial charge >= 0.3 is 12.4 Å². The first-order valence-corrected chi connectivity index (χ1v) is 10.9. The molecular weight excluding hydrogens is 506 g/mol. The number of hydrogen-bond donors (Lipinski definition) is 3. The van der Waals surface area contributed by atoms with Crippen molar-refractivity contribution in [3.63, 3.8) is 0 Å². The number of alkyl halides is 6. The molecule has 0 bridgehead atoms. The Kier molecular flexibility index (Phi) is 6.90. The van der Waals surface area contributed by atoms with Gasteiger partial charge in [0.2, 0.25) is 0 Å². The van der Waals surface area contributed by atoms with Crippen LogP contribution in [0.3, 0.4) is 0 Å². The first kappa shape index (κ1) is 26.1. The van der Waals surface area contributed by atoms with Crippen LogP contribution in [-0.2, 0) is 12.4 Å². The van der Waals surface area contributed by atoms with E-state index in [1.807, 2.05) is 4.90 Å². The van der Waals surface area contributed by atoms with Crippen LogP contribution in [0.4, 0.5) is 43.7 Å². The zero-order valence-corrected chi connectivity index (χ0v) is 18.9. The lowest BCUT2D eigenvalue weighted by Crippen LogP contribution is -2.40. The van der Waals surface area contributed by atoms with Gasteiger partial charge in [0.05, 0.1) is 17.4 Å². The van der Waals surface area contributed by atoms with Crippen LogP contribution in [0, 0.1) is 0 Å². The SMILES string of the molecule is Nc1ncc(-c2nc(C(F)(F)F)ccc2C(F)(F)F)nc1C(=O)Nc1ncccc1N1CCC(N)CC1. The molecule has 0 unspecified atom stereocenters. The van der Waals surface area contributed by atoms with Gasteiger partial charge in [-0.15, -0.1) is 0 Å². The summed E-state index contributed by atoms with van der Waals surface area (Å²) in [4.78, 5) is 29.7. The third-order valence-electron chi connectivity index (χ3n) is 5.65. The summed E-state index contributed by atoms with van der Waals surface area (Å²) in [5, 5.41) is 2.51. The van der Waals surface area contributed by atoms with Crippen LogP contribution in [0.2, 0.25) is 0 Å². The maximum atomic E-state index is 13.5. The lowest BCUT2D eigenvalue weighted by atomic mass is 10.1. The van der Waals surface area contributed by atoms with Crippen molar-refractivity contribution in [3.8, 4) is 11.4 Å². The highest BCUT2D eigenvalue weighted by molar-refractivity contribution is 6.06. The number of pyridine rings is 2. The minimum absolute atomic E-state index is 0.0508. The van der Waals surface area contributed by atoms with Gasteiger partial charge in [-0.1, -0.05) is 0 Å². The number of nitrogens with one attached hydrogen (secondary N) is 1. The quantitative estimate of drug-likeness (QED) is 0.438. The lowest BCUT2D eigenvalue weighted by Gasteiger charge is -2.32. The average molecular weight is 526 g/mol. The molecule has 0 aliphatic carbocycles. The van der Waals surface area contributed by atoms with Crippen LogP contribution in [-0.4, -0.2) is 45.0 Å². The van der Waals surface area contributed by atoms with Gasteiger partial charge in [-0.2, -0.15) is 26.3 Å². The number of nitrogen functional groups attached to an aromatic ring is 1. The Hall–Kier alpha value is -4.01. The Morgan fingerprint density at radius 2 is 1.70 bits per heavy atom. The molecule has 0 spiro atoms. The number of rotatable bonds is 4. The Morgan fingerprint density at radius 1 is 1.00 bits per heavy atom. The molecule has 0 aromatic carbocycles. The summed E-state index contributed by atoms with van der Waals surface area (Å²) in [7, 11) is 0. The molecule has 9 nitrogen and oxygen atoms in total. The molecule has 5 N–H and O–H groups in total. The number of carbonyl (C=O) groups excluding carboxylic acids is 1. The molecule has 196 valence electrons. The van der Waals surface area contributed by atoms with Gasteiger partial charge in [-0.3, -0.25) is 4.79 Å². The van der Waals surface area contributed by atoms with E-state index in [4.69, 9.17) is 11.5 Å². The van der Waals surface area contributed by atoms with E-state index in [-0.39, 0.29) is 24.0 Å². The van der Waals surface area contributed by atoms with Crippen molar-refractivity contribution in [1.29, 1.82) is 0 Å². The summed E-state index contributed by atoms with van der Waals surface area (Å²) < 4.78 is 80.1. The molecule has 3 aromatic heterocycles. The molecule has 0 atom stereocenters. The van der Waals surface area contributed by atoms with Crippen LogP contribution in [0.25, 0.3) is 11.4 Å². The van der Waals surface area contributed by atoms with E-state index >= 15 is 0 Å². The molecule has 1 fully saturated rings. The standard InChI is InChI=1S/C22H20F6N8O/c23-21(24,25)12-3-4-15(22(26,27)28)34-16(12)13-10-32-18(30)17(33-13)20(37)35-19-14(2-1-7-31-19)36-8-5-11(29)6-9-36/h1-4,7,10-11H,5-6,8-9,29H2,(H2,30,32)(H,31,35,37). The zero-order valence-electron chi connectivity index (χ0n) is 18.9. The summed E-state index contributed by atoms with van der Waals surface area (Å²) in [6, 6.07) is 3.88. The Balaban J connectivity index is 1.70. The number of amides is 1. The fourth-order valence-electron chi connectivity index (χ4n) is 3.78. The van der Waals surface area contributed by atoms with Crippen molar-refractivity contribution in [3.05, 3.63) is 53.6 Å². The molecule has 0 radical (unpaired) electrons. The van der Waals surface area contributed by atoms with E-state index in [2.05, 4.69) is 25.3 Å². The average Bonchev–Trinajstić information content (AvgIpc) is 2.84. The molecule has 37 heavy (non-hydrogen) atoms. The van der Waals surface area contributed by atoms with E-state index in [1.54, 1.807) is 12.1 Å². The van der Waals surface area contributed by atoms with Gasteiger partial charge < -0.3 is 21.7 Å². The number of nitrogens with two attached hydrogens (primary N) is 2. The number of halogens is 6. The number of carbonyl (C=O) groups is 1. The minimum Gasteiger partial charge on any atom is -0.382 e. The fourth-order valence-corrected chi connectivity index (χ4v) is 3.78. The van der Waals surface area contributed by atoms with Crippen molar-refractivity contribution < 1.29 is 31.1 Å². The van der Waals surface area contributed by atoms with Crippen LogP contribution in [0.5, 0.6) is 0 Å². The molecule has 3 aromatic rings. The number of hydrogen-bond acceptors (Lipinski definition) is 8. The number of piperidine rings is 1. The maximum absolute atomic E-state index is 13.5. The molecule has 15 heteroatoms. The van der Waals surface area contributed by atoms with Crippen molar-refractivity contribution in [2.24, 2.45) is 5.73 Å². The molecular formula is C22H20F6N8O. The van der Waals surface area contributed by atoms with Gasteiger partial charge in [-0.25, -0.2) is 19.9 Å². The van der Waals surface area contributed by atoms with E-state index in [9.17, 15) is 31.1 Å². The summed E-state index contributed by atoms with van der Waals surface area (Å²) >= 11 is 0. The maximum Gasteiger partial charge on any atom is 0.433 e. The van der Waals surface area contributed by atoms with Crippen molar-refractivity contribution >= 4 is 23.2 Å². The first-order valence-electron chi connectivity index (χ1n) is 10.9. The van der Waals surface area contributed by atoms with Gasteiger partial charge in [-0.05, 0) is 37.1 Å². The van der Waals surface area contributed by atoms with Crippen molar-refractivity contribution in [2.45, 2.75) is 31.2 Å². The Morgan fingerprint density at radius 3 is 2.35 bits per heavy atom. The molecule has 1 aliphatic rings. The molecule has 4 heterocycles. The normalized spacial score (nSPS) is 15.1. The van der Waals surface area contributed by atoms with Crippen LogP contribution >= 0.6 is 0 Å². The fraction of sp³-hybridized carbons (Fsp3) is 0.318. The van der Waals surface area contributed by atoms with Crippen molar-refractivity contribution in [2.75, 3.05) is 29.0 Å². The van der Waals surface area contributed by atoms with Crippen LogP contribution in [0.15, 0.2) is 36.7 Å².